The molecular formula is C16H16N2O5S. The highest BCUT2D eigenvalue weighted by Crippen LogP contribution is 2.22. The lowest BCUT2D eigenvalue weighted by Gasteiger charge is -2.16. The molecule has 0 aliphatic rings. The number of ether oxygens (including phenoxy) is 1. The molecule has 7 nitrogen and oxygen atoms in total. The van der Waals surface area contributed by atoms with E-state index in [0.717, 1.165) is 4.88 Å². The molecule has 126 valence electrons. The molecule has 0 spiro atoms. The Labute approximate surface area is 142 Å². The molecule has 8 heteroatoms. The van der Waals surface area contributed by atoms with Gasteiger partial charge < -0.3 is 10.1 Å². The molecule has 2 rings (SSSR count). The van der Waals surface area contributed by atoms with Gasteiger partial charge in [-0.2, -0.15) is 0 Å². The van der Waals surface area contributed by atoms with Gasteiger partial charge in [0.2, 0.25) is 5.91 Å². The van der Waals surface area contributed by atoms with Crippen molar-refractivity contribution in [2.75, 3.05) is 7.11 Å². The predicted octanol–water partition coefficient (Wildman–Crippen LogP) is 2.62. The third kappa shape index (κ3) is 4.88. The maximum atomic E-state index is 12.2. The molecule has 0 aliphatic heterocycles. The number of methoxy groups -OCH3 is 1. The van der Waals surface area contributed by atoms with Crippen LogP contribution in [0, 0.1) is 10.1 Å². The van der Waals surface area contributed by atoms with Crippen molar-refractivity contribution in [2.45, 2.75) is 18.9 Å². The average molecular weight is 348 g/mol. The summed E-state index contributed by atoms with van der Waals surface area (Å²) >= 11 is 1.44. The van der Waals surface area contributed by atoms with Gasteiger partial charge in [0.25, 0.3) is 5.69 Å². The third-order valence-corrected chi connectivity index (χ3v) is 4.32. The monoisotopic (exact) mass is 348 g/mol. The molecule has 0 bridgehead atoms. The van der Waals surface area contributed by atoms with Gasteiger partial charge in [0.1, 0.15) is 0 Å². The number of carbonyl (C=O) groups is 2. The second-order valence-corrected chi connectivity index (χ2v) is 6.00. The van der Waals surface area contributed by atoms with E-state index in [0.29, 0.717) is 5.56 Å². The first kappa shape index (κ1) is 17.6. The van der Waals surface area contributed by atoms with Crippen molar-refractivity contribution in [1.29, 1.82) is 0 Å². The highest BCUT2D eigenvalue weighted by molar-refractivity contribution is 7.10. The summed E-state index contributed by atoms with van der Waals surface area (Å²) < 4.78 is 4.66. The number of amides is 1. The number of benzene rings is 1. The lowest BCUT2D eigenvalue weighted by atomic mass is 10.1. The van der Waals surface area contributed by atoms with Crippen LogP contribution in [0.2, 0.25) is 0 Å². The fourth-order valence-corrected chi connectivity index (χ4v) is 2.91. The molecule has 1 aromatic carbocycles. The number of hydrogen-bond acceptors (Lipinski definition) is 6. The molecule has 2 aromatic rings. The number of nitro groups is 1. The normalized spacial score (nSPS) is 11.5. The average Bonchev–Trinajstić information content (AvgIpc) is 3.09. The number of thiophene rings is 1. The molecule has 0 saturated carbocycles. The van der Waals surface area contributed by atoms with Gasteiger partial charge in [0, 0.05) is 17.0 Å². The number of non-ortho nitro benzene ring substituents is 1. The van der Waals surface area contributed by atoms with Gasteiger partial charge in [-0.05, 0) is 17.0 Å². The maximum Gasteiger partial charge on any atom is 0.307 e. The van der Waals surface area contributed by atoms with Crippen molar-refractivity contribution in [2.24, 2.45) is 0 Å². The highest BCUT2D eigenvalue weighted by Gasteiger charge is 2.20. The zero-order valence-corrected chi connectivity index (χ0v) is 13.7. The Hall–Kier alpha value is -2.74. The number of carbonyl (C=O) groups excluding carboxylic acids is 2. The Kier molecular flexibility index (Phi) is 6.02. The summed E-state index contributed by atoms with van der Waals surface area (Å²) in [6.07, 6.45) is 0.115. The number of rotatable bonds is 7. The predicted molar refractivity (Wildman–Crippen MR) is 88.6 cm³/mol. The van der Waals surface area contributed by atoms with Crippen LogP contribution in [0.5, 0.6) is 0 Å². The molecule has 1 unspecified atom stereocenters. The zero-order valence-electron chi connectivity index (χ0n) is 12.9. The molecule has 1 heterocycles. The van der Waals surface area contributed by atoms with Gasteiger partial charge in [-0.3, -0.25) is 19.7 Å². The summed E-state index contributed by atoms with van der Waals surface area (Å²) in [4.78, 5) is 34.7. The van der Waals surface area contributed by atoms with Crippen LogP contribution >= 0.6 is 11.3 Å². The van der Waals surface area contributed by atoms with Crippen LogP contribution in [0.15, 0.2) is 41.8 Å². The van der Waals surface area contributed by atoms with Crippen molar-refractivity contribution >= 4 is 28.9 Å². The Morgan fingerprint density at radius 2 is 2.00 bits per heavy atom. The van der Waals surface area contributed by atoms with Crippen LogP contribution in [0.4, 0.5) is 5.69 Å². The summed E-state index contributed by atoms with van der Waals surface area (Å²) in [5.41, 5.74) is 0.627. The van der Waals surface area contributed by atoms with E-state index in [-0.39, 0.29) is 24.4 Å². The summed E-state index contributed by atoms with van der Waals surface area (Å²) in [6.45, 7) is 0. The van der Waals surface area contributed by atoms with Crippen molar-refractivity contribution in [3.05, 3.63) is 62.3 Å². The highest BCUT2D eigenvalue weighted by atomic mass is 32.1. The fraction of sp³-hybridized carbons (Fsp3) is 0.250. The van der Waals surface area contributed by atoms with E-state index in [9.17, 15) is 19.7 Å². The SMILES string of the molecule is COC(=O)CC(NC(=O)Cc1ccc([N+](=O)[O-])cc1)c1cccs1. The van der Waals surface area contributed by atoms with Gasteiger partial charge in [-0.1, -0.05) is 18.2 Å². The lowest BCUT2D eigenvalue weighted by Crippen LogP contribution is -2.31. The van der Waals surface area contributed by atoms with Gasteiger partial charge in [0.05, 0.1) is 30.9 Å². The fourth-order valence-electron chi connectivity index (χ4n) is 2.13. The smallest absolute Gasteiger partial charge is 0.307 e. The van der Waals surface area contributed by atoms with Gasteiger partial charge in [-0.25, -0.2) is 0 Å². The molecule has 0 aliphatic carbocycles. The quantitative estimate of drug-likeness (QED) is 0.471. The van der Waals surface area contributed by atoms with E-state index in [1.54, 1.807) is 0 Å². The minimum absolute atomic E-state index is 0.0266. The summed E-state index contributed by atoms with van der Waals surface area (Å²) in [5.74, 6) is -0.685. The second kappa shape index (κ2) is 8.21. The molecular weight excluding hydrogens is 332 g/mol. The van der Waals surface area contributed by atoms with Crippen LogP contribution in [0.1, 0.15) is 22.9 Å². The van der Waals surface area contributed by atoms with E-state index in [2.05, 4.69) is 10.1 Å². The zero-order chi connectivity index (χ0) is 17.5. The minimum Gasteiger partial charge on any atom is -0.469 e. The number of hydrogen-bond donors (Lipinski definition) is 1. The van der Waals surface area contributed by atoms with E-state index >= 15 is 0 Å². The van der Waals surface area contributed by atoms with E-state index in [1.807, 2.05) is 17.5 Å². The van der Waals surface area contributed by atoms with E-state index < -0.39 is 16.9 Å². The number of nitrogens with one attached hydrogen (secondary N) is 1. The molecule has 1 aromatic heterocycles. The van der Waals surface area contributed by atoms with Gasteiger partial charge >= 0.3 is 5.97 Å². The van der Waals surface area contributed by atoms with Crippen LogP contribution in [0.3, 0.4) is 0 Å². The van der Waals surface area contributed by atoms with Crippen LogP contribution < -0.4 is 5.32 Å². The number of nitrogens with zero attached hydrogens (tertiary/aromatic N) is 1. The topological polar surface area (TPSA) is 98.5 Å². The molecule has 24 heavy (non-hydrogen) atoms. The number of nitro benzene ring substituents is 1. The van der Waals surface area contributed by atoms with Crippen molar-refractivity contribution in [3.63, 3.8) is 0 Å². The molecule has 0 fully saturated rings. The van der Waals surface area contributed by atoms with Crippen molar-refractivity contribution < 1.29 is 19.2 Å². The van der Waals surface area contributed by atoms with Crippen molar-refractivity contribution in [3.8, 4) is 0 Å². The lowest BCUT2D eigenvalue weighted by molar-refractivity contribution is -0.384. The summed E-state index contributed by atoms with van der Waals surface area (Å²) in [5, 5.41) is 15.3. The number of esters is 1. The molecule has 1 N–H and O–H groups in total. The molecule has 1 atom stereocenters. The van der Waals surface area contributed by atoms with Crippen LogP contribution in [0.25, 0.3) is 0 Å². The summed E-state index contributed by atoms with van der Waals surface area (Å²) in [6, 6.07) is 9.01. The second-order valence-electron chi connectivity index (χ2n) is 5.02. The third-order valence-electron chi connectivity index (χ3n) is 3.33. The Bertz CT molecular complexity index is 713. The molecule has 0 saturated heterocycles. The first-order chi connectivity index (χ1) is 11.5. The van der Waals surface area contributed by atoms with Gasteiger partial charge in [0.15, 0.2) is 0 Å². The summed E-state index contributed by atoms with van der Waals surface area (Å²) in [7, 11) is 1.30. The minimum atomic E-state index is -0.493. The van der Waals surface area contributed by atoms with Gasteiger partial charge in [-0.15, -0.1) is 11.3 Å². The first-order valence-corrected chi connectivity index (χ1v) is 8.00. The standard InChI is InChI=1S/C16H16N2O5S/c1-23-16(20)10-13(14-3-2-8-24-14)17-15(19)9-11-4-6-12(7-5-11)18(21)22/h2-8,13H,9-10H2,1H3,(H,17,19). The van der Waals surface area contributed by atoms with E-state index in [4.69, 9.17) is 0 Å². The first-order valence-electron chi connectivity index (χ1n) is 7.12. The van der Waals surface area contributed by atoms with E-state index in [1.165, 1.54) is 42.7 Å². The van der Waals surface area contributed by atoms with Crippen LogP contribution in [-0.4, -0.2) is 23.9 Å². The molecule has 1 amide bonds. The maximum absolute atomic E-state index is 12.2. The molecule has 0 radical (unpaired) electrons. The Morgan fingerprint density at radius 3 is 2.54 bits per heavy atom. The Balaban J connectivity index is 2.01. The van der Waals surface area contributed by atoms with Crippen molar-refractivity contribution in [1.82, 2.24) is 5.32 Å². The largest absolute Gasteiger partial charge is 0.469 e. The Morgan fingerprint density at radius 1 is 1.29 bits per heavy atom. The van der Waals surface area contributed by atoms with Crippen LogP contribution in [-0.2, 0) is 20.7 Å².